The summed E-state index contributed by atoms with van der Waals surface area (Å²) in [6, 6.07) is 4.87. The van der Waals surface area contributed by atoms with Crippen LogP contribution < -0.4 is 0 Å². The maximum Gasteiger partial charge on any atom is 0.0415 e. The van der Waals surface area contributed by atoms with Crippen LogP contribution in [0.1, 0.15) is 59.3 Å². The highest BCUT2D eigenvalue weighted by molar-refractivity contribution is 7.24. The smallest absolute Gasteiger partial charge is 0.0415 e. The summed E-state index contributed by atoms with van der Waals surface area (Å²) >= 11 is 0. The Balaban J connectivity index is 4.16. The second-order valence-corrected chi connectivity index (χ2v) is 14.1. The third-order valence-electron chi connectivity index (χ3n) is 3.56. The Morgan fingerprint density at radius 3 is 1.27 bits per heavy atom. The minimum atomic E-state index is -0.805. The summed E-state index contributed by atoms with van der Waals surface area (Å²) in [5.41, 5.74) is 0. The minimum absolute atomic E-state index is 0.805. The molecule has 0 aliphatic rings. The lowest BCUT2D eigenvalue weighted by Crippen LogP contribution is -2.40. The molecule has 2 heteroatoms. The molecule has 0 aromatic heterocycles. The van der Waals surface area contributed by atoms with Crippen molar-refractivity contribution in [3.63, 3.8) is 0 Å². The SMILES string of the molecule is CCCC[Si](CCCC)(CCCC)[Si]C. The normalized spacial score (nSPS) is 12.0. The highest BCUT2D eigenvalue weighted by Crippen LogP contribution is 2.27. The second kappa shape index (κ2) is 9.64. The zero-order valence-electron chi connectivity index (χ0n) is 11.4. The van der Waals surface area contributed by atoms with Crippen LogP contribution in [0.3, 0.4) is 0 Å². The summed E-state index contributed by atoms with van der Waals surface area (Å²) in [5.74, 6) is 0. The van der Waals surface area contributed by atoms with Gasteiger partial charge in [0.15, 0.2) is 0 Å². The molecule has 0 spiro atoms. The van der Waals surface area contributed by atoms with Crippen molar-refractivity contribution in [1.82, 2.24) is 0 Å². The van der Waals surface area contributed by atoms with E-state index in [1.54, 1.807) is 18.1 Å². The van der Waals surface area contributed by atoms with Crippen LogP contribution in [-0.4, -0.2) is 16.6 Å². The number of hydrogen-bond donors (Lipinski definition) is 0. The van der Waals surface area contributed by atoms with Crippen LogP contribution in [0.5, 0.6) is 0 Å². The topological polar surface area (TPSA) is 0 Å². The van der Waals surface area contributed by atoms with Crippen LogP contribution >= 0.6 is 0 Å². The van der Waals surface area contributed by atoms with Gasteiger partial charge in [-0.2, -0.15) is 0 Å². The van der Waals surface area contributed by atoms with Gasteiger partial charge in [-0.05, 0) is 0 Å². The average Bonchev–Trinajstić information content (AvgIpc) is 2.29. The Bertz CT molecular complexity index is 113. The summed E-state index contributed by atoms with van der Waals surface area (Å²) in [7, 11) is 0.483. The molecule has 0 nitrogen and oxygen atoms in total. The highest BCUT2D eigenvalue weighted by atomic mass is 29.2. The molecule has 0 saturated heterocycles. The molecule has 0 saturated carbocycles. The standard InChI is InChI=1S/C13H30Si2/c1-5-8-11-15(14-4,12-9-6-2)13-10-7-3/h5-13H2,1-4H3. The first-order valence-electron chi connectivity index (χ1n) is 6.93. The van der Waals surface area contributed by atoms with E-state index in [2.05, 4.69) is 27.3 Å². The lowest BCUT2D eigenvalue weighted by Gasteiger charge is -2.30. The molecule has 15 heavy (non-hydrogen) atoms. The zero-order chi connectivity index (χ0) is 11.6. The molecule has 2 radical (unpaired) electrons. The van der Waals surface area contributed by atoms with E-state index in [9.17, 15) is 0 Å². The first-order valence-corrected chi connectivity index (χ1v) is 12.1. The monoisotopic (exact) mass is 242 g/mol. The number of unbranched alkanes of at least 4 members (excludes halogenated alkanes) is 3. The third kappa shape index (κ3) is 6.57. The van der Waals surface area contributed by atoms with Crippen LogP contribution in [0.25, 0.3) is 0 Å². The van der Waals surface area contributed by atoms with Crippen molar-refractivity contribution in [2.24, 2.45) is 0 Å². The largest absolute Gasteiger partial charge is 0.0754 e. The molecule has 0 atom stereocenters. The fourth-order valence-corrected chi connectivity index (χ4v) is 10.7. The molecule has 0 bridgehead atoms. The second-order valence-electron chi connectivity index (χ2n) is 4.84. The van der Waals surface area contributed by atoms with E-state index in [1.165, 1.54) is 47.6 Å². The zero-order valence-corrected chi connectivity index (χ0v) is 13.4. The van der Waals surface area contributed by atoms with Gasteiger partial charge in [0, 0.05) is 16.6 Å². The van der Waals surface area contributed by atoms with Gasteiger partial charge >= 0.3 is 0 Å². The molecule has 0 aromatic carbocycles. The molecule has 0 heterocycles. The molecular weight excluding hydrogens is 212 g/mol. The molecule has 0 aliphatic carbocycles. The van der Waals surface area contributed by atoms with Crippen molar-refractivity contribution in [3.05, 3.63) is 0 Å². The van der Waals surface area contributed by atoms with Gasteiger partial charge in [0.1, 0.15) is 0 Å². The fourth-order valence-electron chi connectivity index (χ4n) is 2.30. The Kier molecular flexibility index (Phi) is 9.92. The van der Waals surface area contributed by atoms with Gasteiger partial charge in [-0.25, -0.2) is 0 Å². The van der Waals surface area contributed by atoms with E-state index < -0.39 is 7.59 Å². The van der Waals surface area contributed by atoms with E-state index in [4.69, 9.17) is 0 Å². The Labute approximate surface area is 101 Å². The average molecular weight is 243 g/mol. The first-order chi connectivity index (χ1) is 7.24. The fraction of sp³-hybridized carbons (Fsp3) is 1.00. The van der Waals surface area contributed by atoms with Crippen LogP contribution in [0.15, 0.2) is 0 Å². The van der Waals surface area contributed by atoms with Gasteiger partial charge in [0.25, 0.3) is 0 Å². The molecule has 0 aromatic rings. The molecule has 0 fully saturated rings. The van der Waals surface area contributed by atoms with Crippen LogP contribution in [0.2, 0.25) is 24.7 Å². The molecule has 0 amide bonds. The van der Waals surface area contributed by atoms with Gasteiger partial charge in [-0.3, -0.25) is 0 Å². The highest BCUT2D eigenvalue weighted by Gasteiger charge is 2.28. The van der Waals surface area contributed by atoms with E-state index >= 15 is 0 Å². The van der Waals surface area contributed by atoms with Gasteiger partial charge in [-0.1, -0.05) is 84.0 Å². The molecular formula is C13H30Si2. The summed E-state index contributed by atoms with van der Waals surface area (Å²) in [6.45, 7) is 9.53. The predicted octanol–water partition coefficient (Wildman–Crippen LogP) is 5.08. The lowest BCUT2D eigenvalue weighted by atomic mass is 10.4. The van der Waals surface area contributed by atoms with Crippen molar-refractivity contribution in [2.75, 3.05) is 0 Å². The molecule has 90 valence electrons. The van der Waals surface area contributed by atoms with Crippen molar-refractivity contribution in [1.29, 1.82) is 0 Å². The van der Waals surface area contributed by atoms with Gasteiger partial charge in [-0.15, -0.1) is 0 Å². The number of hydrogen-bond acceptors (Lipinski definition) is 0. The summed E-state index contributed by atoms with van der Waals surface area (Å²) in [6.07, 6.45) is 8.70. The van der Waals surface area contributed by atoms with Gasteiger partial charge in [0.05, 0.1) is 0 Å². The summed E-state index contributed by atoms with van der Waals surface area (Å²) < 4.78 is 0. The molecule has 0 aliphatic heterocycles. The number of rotatable bonds is 10. The maximum absolute atomic E-state index is 2.49. The maximum atomic E-state index is 2.49. The Morgan fingerprint density at radius 1 is 0.733 bits per heavy atom. The molecule has 0 N–H and O–H groups in total. The van der Waals surface area contributed by atoms with Crippen molar-refractivity contribution in [2.45, 2.75) is 84.0 Å². The van der Waals surface area contributed by atoms with Crippen LogP contribution in [0, 0.1) is 0 Å². The van der Waals surface area contributed by atoms with E-state index in [-0.39, 0.29) is 0 Å². The van der Waals surface area contributed by atoms with Gasteiger partial charge in [0.2, 0.25) is 0 Å². The van der Waals surface area contributed by atoms with E-state index in [0.717, 1.165) is 0 Å². The molecule has 0 rings (SSSR count). The third-order valence-corrected chi connectivity index (χ3v) is 14.0. The van der Waals surface area contributed by atoms with E-state index in [1.807, 2.05) is 0 Å². The van der Waals surface area contributed by atoms with E-state index in [0.29, 0.717) is 0 Å². The predicted molar refractivity (Wildman–Crippen MR) is 76.5 cm³/mol. The quantitative estimate of drug-likeness (QED) is 0.468. The Morgan fingerprint density at radius 2 is 1.07 bits per heavy atom. The lowest BCUT2D eigenvalue weighted by molar-refractivity contribution is 0.805. The molecule has 0 unspecified atom stereocenters. The van der Waals surface area contributed by atoms with Crippen molar-refractivity contribution in [3.8, 4) is 0 Å². The van der Waals surface area contributed by atoms with Crippen LogP contribution in [0.4, 0.5) is 0 Å². The van der Waals surface area contributed by atoms with Crippen molar-refractivity contribution < 1.29 is 0 Å². The summed E-state index contributed by atoms with van der Waals surface area (Å²) in [4.78, 5) is 0. The Hall–Kier alpha value is 0.434. The van der Waals surface area contributed by atoms with Gasteiger partial charge < -0.3 is 0 Å². The van der Waals surface area contributed by atoms with Crippen LogP contribution in [-0.2, 0) is 0 Å². The summed E-state index contributed by atoms with van der Waals surface area (Å²) in [5, 5.41) is 0. The first kappa shape index (κ1) is 15.4. The minimum Gasteiger partial charge on any atom is -0.0754 e. The van der Waals surface area contributed by atoms with Crippen molar-refractivity contribution >= 4 is 16.6 Å².